The summed E-state index contributed by atoms with van der Waals surface area (Å²) in [6.07, 6.45) is 1.75. The van der Waals surface area contributed by atoms with Crippen molar-refractivity contribution < 1.29 is 23.8 Å². The van der Waals surface area contributed by atoms with E-state index in [2.05, 4.69) is 9.73 Å². The first-order valence-electron chi connectivity index (χ1n) is 11.1. The number of halogens is 1. The highest BCUT2D eigenvalue weighted by molar-refractivity contribution is 7.07. The summed E-state index contributed by atoms with van der Waals surface area (Å²) in [6.45, 7) is 3.47. The van der Waals surface area contributed by atoms with Gasteiger partial charge in [-0.1, -0.05) is 47.2 Å². The third-order valence-electron chi connectivity index (χ3n) is 5.46. The minimum atomic E-state index is -0.700. The van der Waals surface area contributed by atoms with Crippen LogP contribution in [0.3, 0.4) is 0 Å². The van der Waals surface area contributed by atoms with Gasteiger partial charge in [0.15, 0.2) is 11.4 Å². The van der Waals surface area contributed by atoms with Crippen LogP contribution >= 0.6 is 22.9 Å². The van der Waals surface area contributed by atoms with E-state index in [1.54, 1.807) is 68.5 Å². The third-order valence-corrected chi connectivity index (χ3v) is 6.70. The van der Waals surface area contributed by atoms with E-state index < -0.39 is 18.0 Å². The number of allylic oxidation sites excluding steroid dienone is 1. The average molecular weight is 527 g/mol. The van der Waals surface area contributed by atoms with Gasteiger partial charge in [-0.25, -0.2) is 14.6 Å². The largest absolute Gasteiger partial charge is 0.482 e. The van der Waals surface area contributed by atoms with Crippen LogP contribution in [0.15, 0.2) is 69.6 Å². The number of hydrogen-bond donors (Lipinski definition) is 0. The van der Waals surface area contributed by atoms with E-state index in [4.69, 9.17) is 21.1 Å². The summed E-state index contributed by atoms with van der Waals surface area (Å²) in [5.74, 6) is -0.500. The Morgan fingerprint density at radius 1 is 1.14 bits per heavy atom. The molecule has 0 saturated carbocycles. The van der Waals surface area contributed by atoms with Crippen LogP contribution < -0.4 is 19.6 Å². The minimum Gasteiger partial charge on any atom is -0.482 e. The molecule has 0 unspecified atom stereocenters. The van der Waals surface area contributed by atoms with Crippen LogP contribution in [0.2, 0.25) is 5.02 Å². The molecule has 3 aromatic rings. The third kappa shape index (κ3) is 5.27. The molecule has 0 spiro atoms. The highest BCUT2D eigenvalue weighted by atomic mass is 35.5. The number of aromatic nitrogens is 1. The summed E-state index contributed by atoms with van der Waals surface area (Å²) < 4.78 is 17.2. The van der Waals surface area contributed by atoms with Crippen LogP contribution in [0.4, 0.5) is 0 Å². The lowest BCUT2D eigenvalue weighted by Crippen LogP contribution is -2.39. The van der Waals surface area contributed by atoms with Crippen LogP contribution in [0, 0.1) is 0 Å². The molecule has 1 aliphatic rings. The normalized spacial score (nSPS) is 15.2. The van der Waals surface area contributed by atoms with Crippen molar-refractivity contribution in [1.29, 1.82) is 0 Å². The van der Waals surface area contributed by atoms with Crippen molar-refractivity contribution in [1.82, 2.24) is 4.57 Å². The number of methoxy groups -OCH3 is 1. The van der Waals surface area contributed by atoms with E-state index in [0.29, 0.717) is 31.4 Å². The van der Waals surface area contributed by atoms with Crippen molar-refractivity contribution in [3.8, 4) is 5.75 Å². The molecule has 10 heteroatoms. The molecule has 186 valence electrons. The fourth-order valence-electron chi connectivity index (χ4n) is 3.76. The Labute approximate surface area is 215 Å². The summed E-state index contributed by atoms with van der Waals surface area (Å²) in [4.78, 5) is 42.8. The maximum absolute atomic E-state index is 13.6. The van der Waals surface area contributed by atoms with Crippen molar-refractivity contribution in [3.05, 3.63) is 95.6 Å². The molecule has 0 fully saturated rings. The molecule has 36 heavy (non-hydrogen) atoms. The Balaban J connectivity index is 1.77. The van der Waals surface area contributed by atoms with E-state index in [-0.39, 0.29) is 18.8 Å². The smallest absolute Gasteiger partial charge is 0.343 e. The van der Waals surface area contributed by atoms with Gasteiger partial charge in [0.05, 0.1) is 35.6 Å². The first-order valence-corrected chi connectivity index (χ1v) is 12.3. The zero-order valence-electron chi connectivity index (χ0n) is 19.8. The lowest BCUT2D eigenvalue weighted by Gasteiger charge is -2.24. The molecule has 0 radical (unpaired) electrons. The summed E-state index contributed by atoms with van der Waals surface area (Å²) in [5.41, 5.74) is 2.00. The van der Waals surface area contributed by atoms with Crippen LogP contribution in [0.1, 0.15) is 31.0 Å². The van der Waals surface area contributed by atoms with Crippen molar-refractivity contribution in [2.45, 2.75) is 19.9 Å². The van der Waals surface area contributed by atoms with Crippen molar-refractivity contribution >= 4 is 41.0 Å². The molecule has 0 N–H and O–H groups in total. The van der Waals surface area contributed by atoms with Gasteiger partial charge in [-0.3, -0.25) is 9.36 Å². The van der Waals surface area contributed by atoms with Gasteiger partial charge in [0.2, 0.25) is 0 Å². The standard InChI is InChI=1S/C26H23ClN2O6S/c1-4-34-25(32)22-15(2)28-26-29(23(22)17-7-9-18(27)10-8-17)24(31)20(36-26)13-16-5-11-19(12-6-16)35-14-21(30)33-3/h5-13,23H,4,14H2,1-3H3/b20-13-/t23-/m1/s1. The van der Waals surface area contributed by atoms with E-state index in [1.807, 2.05) is 0 Å². The number of ether oxygens (including phenoxy) is 3. The molecule has 0 amide bonds. The fraction of sp³-hybridized carbons (Fsp3) is 0.231. The first kappa shape index (κ1) is 25.4. The molecule has 2 aromatic carbocycles. The molecule has 0 aliphatic carbocycles. The summed E-state index contributed by atoms with van der Waals surface area (Å²) >= 11 is 7.32. The maximum atomic E-state index is 13.6. The Hall–Kier alpha value is -3.69. The average Bonchev–Trinajstić information content (AvgIpc) is 3.17. The number of carbonyl (C=O) groups excluding carboxylic acids is 2. The highest BCUT2D eigenvalue weighted by Gasteiger charge is 2.33. The number of thiazole rings is 1. The van der Waals surface area contributed by atoms with Crippen molar-refractivity contribution in [3.63, 3.8) is 0 Å². The van der Waals surface area contributed by atoms with Gasteiger partial charge in [0, 0.05) is 5.02 Å². The van der Waals surface area contributed by atoms with Gasteiger partial charge in [0.25, 0.3) is 5.56 Å². The van der Waals surface area contributed by atoms with Crippen LogP contribution in [0.5, 0.6) is 5.75 Å². The maximum Gasteiger partial charge on any atom is 0.343 e. The molecule has 1 aromatic heterocycles. The van der Waals surface area contributed by atoms with Gasteiger partial charge < -0.3 is 14.2 Å². The number of fused-ring (bicyclic) bond motifs is 1. The summed E-state index contributed by atoms with van der Waals surface area (Å²) in [5, 5.41) is 0.545. The van der Waals surface area contributed by atoms with Gasteiger partial charge >= 0.3 is 11.9 Å². The van der Waals surface area contributed by atoms with Crippen LogP contribution in [-0.4, -0.2) is 36.8 Å². The lowest BCUT2D eigenvalue weighted by molar-refractivity contribution is -0.143. The van der Waals surface area contributed by atoms with Gasteiger partial charge in [-0.2, -0.15) is 0 Å². The molecule has 4 rings (SSSR count). The highest BCUT2D eigenvalue weighted by Crippen LogP contribution is 2.31. The number of benzene rings is 2. The monoisotopic (exact) mass is 526 g/mol. The Bertz CT molecular complexity index is 1500. The van der Waals surface area contributed by atoms with Gasteiger partial charge in [0.1, 0.15) is 5.75 Å². The molecular formula is C26H23ClN2O6S. The van der Waals surface area contributed by atoms with E-state index in [9.17, 15) is 14.4 Å². The Kier molecular flexibility index (Phi) is 7.71. The number of carbonyl (C=O) groups is 2. The fourth-order valence-corrected chi connectivity index (χ4v) is 4.94. The van der Waals surface area contributed by atoms with Gasteiger partial charge in [-0.15, -0.1) is 0 Å². The second-order valence-electron chi connectivity index (χ2n) is 7.79. The summed E-state index contributed by atoms with van der Waals surface area (Å²) in [7, 11) is 1.29. The van der Waals surface area contributed by atoms with Gasteiger partial charge in [-0.05, 0) is 55.3 Å². The summed E-state index contributed by atoms with van der Waals surface area (Å²) in [6, 6.07) is 13.3. The molecule has 0 saturated heterocycles. The molecule has 8 nitrogen and oxygen atoms in total. The minimum absolute atomic E-state index is 0.193. The molecule has 2 heterocycles. The number of hydrogen-bond acceptors (Lipinski definition) is 8. The molecule has 1 atom stereocenters. The van der Waals surface area contributed by atoms with E-state index in [1.165, 1.54) is 23.0 Å². The van der Waals surface area contributed by atoms with Crippen LogP contribution in [-0.2, 0) is 19.1 Å². The number of rotatable bonds is 7. The quantitative estimate of drug-likeness (QED) is 0.439. The topological polar surface area (TPSA) is 96.2 Å². The zero-order chi connectivity index (χ0) is 25.8. The molecule has 1 aliphatic heterocycles. The SMILES string of the molecule is CCOC(=O)C1=C(C)N=c2s/c(=C\c3ccc(OCC(=O)OC)cc3)c(=O)n2[C@@H]1c1ccc(Cl)cc1. The second kappa shape index (κ2) is 10.9. The second-order valence-corrected chi connectivity index (χ2v) is 9.23. The molecule has 0 bridgehead atoms. The van der Waals surface area contributed by atoms with Crippen LogP contribution in [0.25, 0.3) is 6.08 Å². The Morgan fingerprint density at radius 3 is 2.47 bits per heavy atom. The predicted molar refractivity (Wildman–Crippen MR) is 136 cm³/mol. The zero-order valence-corrected chi connectivity index (χ0v) is 21.4. The molecular weight excluding hydrogens is 504 g/mol. The van der Waals surface area contributed by atoms with E-state index in [0.717, 1.165) is 11.1 Å². The number of esters is 2. The van der Waals surface area contributed by atoms with Crippen molar-refractivity contribution in [2.75, 3.05) is 20.3 Å². The predicted octanol–water partition coefficient (Wildman–Crippen LogP) is 3.00. The first-order chi connectivity index (χ1) is 17.3. The van der Waals surface area contributed by atoms with Crippen molar-refractivity contribution in [2.24, 2.45) is 4.99 Å². The van der Waals surface area contributed by atoms with E-state index >= 15 is 0 Å². The Morgan fingerprint density at radius 2 is 1.83 bits per heavy atom. The number of nitrogens with zero attached hydrogens (tertiary/aromatic N) is 2. The lowest BCUT2D eigenvalue weighted by atomic mass is 9.96.